The minimum Gasteiger partial charge on any atom is -0.351 e. The molecule has 158 valence electrons. The zero-order valence-corrected chi connectivity index (χ0v) is 17.4. The smallest absolute Gasteiger partial charge is 0.313 e. The Morgan fingerprint density at radius 2 is 1.72 bits per heavy atom. The first-order chi connectivity index (χ1) is 14.1. The predicted octanol–water partition coefficient (Wildman–Crippen LogP) is 3.04. The Bertz CT molecular complexity index is 699. The van der Waals surface area contributed by atoms with Crippen LogP contribution < -0.4 is 5.32 Å². The maximum Gasteiger partial charge on any atom is 0.313 e. The van der Waals surface area contributed by atoms with Crippen LogP contribution in [0.25, 0.3) is 0 Å². The number of amides is 3. The highest BCUT2D eigenvalue weighted by molar-refractivity contribution is 6.35. The summed E-state index contributed by atoms with van der Waals surface area (Å²) in [7, 11) is 0. The fourth-order valence-corrected chi connectivity index (χ4v) is 4.31. The number of nitrogens with one attached hydrogen (secondary N) is 1. The second kappa shape index (κ2) is 10.4. The summed E-state index contributed by atoms with van der Waals surface area (Å²) in [5.74, 6) is -1.24. The number of piperazine rings is 1. The summed E-state index contributed by atoms with van der Waals surface area (Å²) in [5, 5.41) is 3.18. The van der Waals surface area contributed by atoms with Gasteiger partial charge in [0.1, 0.15) is 6.04 Å². The van der Waals surface area contributed by atoms with Crippen molar-refractivity contribution in [2.45, 2.75) is 70.4 Å². The molecule has 2 fully saturated rings. The van der Waals surface area contributed by atoms with Crippen LogP contribution in [0.3, 0.4) is 0 Å². The predicted molar refractivity (Wildman–Crippen MR) is 112 cm³/mol. The molecule has 6 nitrogen and oxygen atoms in total. The largest absolute Gasteiger partial charge is 0.351 e. The number of carbonyl (C=O) groups excluding carboxylic acids is 3. The van der Waals surface area contributed by atoms with E-state index in [0.717, 1.165) is 44.1 Å². The molecule has 3 amide bonds. The summed E-state index contributed by atoms with van der Waals surface area (Å²) >= 11 is 0. The molecular weight excluding hydrogens is 366 g/mol. The van der Waals surface area contributed by atoms with Gasteiger partial charge < -0.3 is 15.1 Å². The second-order valence-corrected chi connectivity index (χ2v) is 8.15. The van der Waals surface area contributed by atoms with Crippen LogP contribution in [-0.2, 0) is 14.4 Å². The fraction of sp³-hybridized carbons (Fsp3) is 0.609. The Labute approximate surface area is 173 Å². The highest BCUT2D eigenvalue weighted by atomic mass is 16.2. The van der Waals surface area contributed by atoms with Gasteiger partial charge in [0.05, 0.1) is 0 Å². The minimum absolute atomic E-state index is 0.146. The Balaban J connectivity index is 1.78. The van der Waals surface area contributed by atoms with E-state index in [-0.39, 0.29) is 11.9 Å². The summed E-state index contributed by atoms with van der Waals surface area (Å²) in [6.45, 7) is 3.52. The Kier molecular flexibility index (Phi) is 7.67. The molecule has 0 spiro atoms. The van der Waals surface area contributed by atoms with Gasteiger partial charge in [0.25, 0.3) is 0 Å². The molecule has 1 aromatic carbocycles. The molecule has 0 radical (unpaired) electrons. The lowest BCUT2D eigenvalue weighted by Gasteiger charge is -2.38. The van der Waals surface area contributed by atoms with Gasteiger partial charge in [0.2, 0.25) is 5.91 Å². The van der Waals surface area contributed by atoms with Crippen molar-refractivity contribution in [2.24, 2.45) is 0 Å². The van der Waals surface area contributed by atoms with Crippen LogP contribution in [0, 0.1) is 0 Å². The maximum absolute atomic E-state index is 13.3. The molecule has 0 bridgehead atoms. The number of hydrogen-bond acceptors (Lipinski definition) is 3. The summed E-state index contributed by atoms with van der Waals surface area (Å²) in [6, 6.07) is 8.73. The van der Waals surface area contributed by atoms with E-state index in [2.05, 4.69) is 12.2 Å². The zero-order chi connectivity index (χ0) is 20.6. The first-order valence-electron chi connectivity index (χ1n) is 11.1. The average Bonchev–Trinajstić information content (AvgIpc) is 3.00. The third kappa shape index (κ3) is 5.37. The van der Waals surface area contributed by atoms with E-state index in [1.807, 2.05) is 30.3 Å². The molecule has 1 heterocycles. The van der Waals surface area contributed by atoms with Crippen LogP contribution in [0.4, 0.5) is 0 Å². The van der Waals surface area contributed by atoms with Crippen molar-refractivity contribution in [3.8, 4) is 0 Å². The Hall–Kier alpha value is -2.37. The maximum atomic E-state index is 13.3. The van der Waals surface area contributed by atoms with Gasteiger partial charge >= 0.3 is 11.8 Å². The number of unbranched alkanes of at least 4 members (excludes halogenated alkanes) is 1. The van der Waals surface area contributed by atoms with E-state index in [9.17, 15) is 14.4 Å². The van der Waals surface area contributed by atoms with Crippen molar-refractivity contribution in [2.75, 3.05) is 19.6 Å². The van der Waals surface area contributed by atoms with Gasteiger partial charge in [-0.25, -0.2) is 0 Å². The summed E-state index contributed by atoms with van der Waals surface area (Å²) in [6.07, 6.45) is 8.46. The molecule has 1 aromatic rings. The van der Waals surface area contributed by atoms with Gasteiger partial charge in [-0.2, -0.15) is 0 Å². The number of rotatable bonds is 7. The van der Waals surface area contributed by atoms with Crippen LogP contribution in [0.15, 0.2) is 30.3 Å². The van der Waals surface area contributed by atoms with Crippen molar-refractivity contribution in [1.29, 1.82) is 0 Å². The van der Waals surface area contributed by atoms with E-state index in [1.165, 1.54) is 17.7 Å². The van der Waals surface area contributed by atoms with Crippen LogP contribution in [0.5, 0.6) is 0 Å². The number of carbonyl (C=O) groups is 3. The van der Waals surface area contributed by atoms with Gasteiger partial charge in [-0.15, -0.1) is 0 Å². The van der Waals surface area contributed by atoms with Gasteiger partial charge in [-0.3, -0.25) is 14.4 Å². The highest BCUT2D eigenvalue weighted by Crippen LogP contribution is 2.25. The molecule has 1 atom stereocenters. The lowest BCUT2D eigenvalue weighted by Crippen LogP contribution is -2.57. The Morgan fingerprint density at radius 1 is 1.03 bits per heavy atom. The van der Waals surface area contributed by atoms with E-state index in [4.69, 9.17) is 0 Å². The molecular formula is C23H33N3O3. The Morgan fingerprint density at radius 3 is 2.38 bits per heavy atom. The third-order valence-corrected chi connectivity index (χ3v) is 6.00. The number of nitrogens with zero attached hydrogens (tertiary/aromatic N) is 2. The zero-order valence-electron chi connectivity index (χ0n) is 17.4. The standard InChI is InChI=1S/C23H33N3O3/c1-2-3-15-25-16-17-26(23(29)22(25)28)20(18-11-7-6-8-12-18)21(27)24-19-13-9-4-5-10-14-19/h6-8,11-12,19-20H,2-5,9-10,13-17H2,1H3,(H,24,27)/t20-/m0/s1. The van der Waals surface area contributed by atoms with Crippen LogP contribution in [0.2, 0.25) is 0 Å². The van der Waals surface area contributed by atoms with Crippen molar-refractivity contribution in [1.82, 2.24) is 15.1 Å². The third-order valence-electron chi connectivity index (χ3n) is 6.00. The van der Waals surface area contributed by atoms with Crippen molar-refractivity contribution in [3.63, 3.8) is 0 Å². The van der Waals surface area contributed by atoms with Crippen molar-refractivity contribution >= 4 is 17.7 Å². The molecule has 1 N–H and O–H groups in total. The van der Waals surface area contributed by atoms with Crippen molar-refractivity contribution < 1.29 is 14.4 Å². The molecule has 1 aliphatic heterocycles. The first-order valence-corrected chi connectivity index (χ1v) is 11.1. The molecule has 1 aliphatic carbocycles. The molecule has 2 aliphatic rings. The molecule has 1 saturated carbocycles. The molecule has 3 rings (SSSR count). The monoisotopic (exact) mass is 399 g/mol. The normalized spacial score (nSPS) is 19.8. The summed E-state index contributed by atoms with van der Waals surface area (Å²) < 4.78 is 0. The van der Waals surface area contributed by atoms with Gasteiger partial charge in [0.15, 0.2) is 0 Å². The van der Waals surface area contributed by atoms with Crippen molar-refractivity contribution in [3.05, 3.63) is 35.9 Å². The quantitative estimate of drug-likeness (QED) is 0.566. The topological polar surface area (TPSA) is 69.7 Å². The summed E-state index contributed by atoms with van der Waals surface area (Å²) in [4.78, 5) is 41.9. The van der Waals surface area contributed by atoms with Gasteiger partial charge in [-0.05, 0) is 24.8 Å². The number of benzene rings is 1. The van der Waals surface area contributed by atoms with E-state index < -0.39 is 17.9 Å². The second-order valence-electron chi connectivity index (χ2n) is 8.15. The first kappa shape index (κ1) is 21.3. The fourth-order valence-electron chi connectivity index (χ4n) is 4.31. The SMILES string of the molecule is CCCCN1CCN([C@H](C(=O)NC2CCCCCC2)c2ccccc2)C(=O)C1=O. The van der Waals surface area contributed by atoms with Gasteiger partial charge in [-0.1, -0.05) is 69.4 Å². The molecule has 6 heteroatoms. The average molecular weight is 400 g/mol. The minimum atomic E-state index is -0.760. The molecule has 29 heavy (non-hydrogen) atoms. The van der Waals surface area contributed by atoms with E-state index in [0.29, 0.717) is 19.6 Å². The van der Waals surface area contributed by atoms with E-state index in [1.54, 1.807) is 4.90 Å². The lowest BCUT2D eigenvalue weighted by atomic mass is 10.0. The van der Waals surface area contributed by atoms with E-state index >= 15 is 0 Å². The summed E-state index contributed by atoms with van der Waals surface area (Å²) in [5.41, 5.74) is 0.752. The van der Waals surface area contributed by atoms with Crippen LogP contribution >= 0.6 is 0 Å². The van der Waals surface area contributed by atoms with Crippen LogP contribution in [0.1, 0.15) is 69.9 Å². The number of hydrogen-bond donors (Lipinski definition) is 1. The molecule has 1 saturated heterocycles. The lowest BCUT2D eigenvalue weighted by molar-refractivity contribution is -0.159. The van der Waals surface area contributed by atoms with Crippen LogP contribution in [-0.4, -0.2) is 53.2 Å². The van der Waals surface area contributed by atoms with Gasteiger partial charge in [0, 0.05) is 25.7 Å². The molecule has 0 unspecified atom stereocenters. The highest BCUT2D eigenvalue weighted by Gasteiger charge is 2.40. The molecule has 0 aromatic heterocycles.